The number of phenols is 1. The quantitative estimate of drug-likeness (QED) is 0.817. The Morgan fingerprint density at radius 2 is 2.00 bits per heavy atom. The van der Waals surface area contributed by atoms with Gasteiger partial charge in [-0.2, -0.15) is 0 Å². The molecule has 0 aromatic heterocycles. The second kappa shape index (κ2) is 5.35. The zero-order valence-corrected chi connectivity index (χ0v) is 10.7. The van der Waals surface area contributed by atoms with Crippen molar-refractivity contribution < 1.29 is 5.11 Å². The number of hydrogen-bond acceptors (Lipinski definition) is 2. The fraction of sp³-hybridized carbons (Fsp3) is 0.571. The molecule has 1 unspecified atom stereocenters. The normalized spacial score (nSPS) is 13.8. The Bertz CT molecular complexity index is 328. The van der Waals surface area contributed by atoms with Crippen LogP contribution in [0.3, 0.4) is 0 Å². The molecule has 0 bridgehead atoms. The van der Waals surface area contributed by atoms with Crippen LogP contribution in [-0.2, 0) is 6.54 Å². The van der Waals surface area contributed by atoms with Crippen LogP contribution in [0.2, 0.25) is 0 Å². The molecule has 1 atom stereocenters. The van der Waals surface area contributed by atoms with Crippen molar-refractivity contribution in [2.75, 3.05) is 0 Å². The highest BCUT2D eigenvalue weighted by molar-refractivity contribution is 5.26. The summed E-state index contributed by atoms with van der Waals surface area (Å²) in [5, 5.41) is 12.9. The summed E-state index contributed by atoms with van der Waals surface area (Å²) in [4.78, 5) is 0. The number of nitrogens with one attached hydrogen (secondary N) is 1. The molecule has 90 valence electrons. The van der Waals surface area contributed by atoms with Gasteiger partial charge < -0.3 is 10.4 Å². The van der Waals surface area contributed by atoms with E-state index in [-0.39, 0.29) is 5.41 Å². The van der Waals surface area contributed by atoms with Crippen LogP contribution >= 0.6 is 0 Å². The second-order valence-corrected chi connectivity index (χ2v) is 5.38. The van der Waals surface area contributed by atoms with Crippen LogP contribution in [0, 0.1) is 5.41 Å². The minimum absolute atomic E-state index is 0.269. The van der Waals surface area contributed by atoms with Crippen molar-refractivity contribution in [3.05, 3.63) is 29.8 Å². The number of phenolic OH excluding ortho intramolecular Hbond substituents is 1. The maximum absolute atomic E-state index is 9.37. The molecule has 0 saturated carbocycles. The van der Waals surface area contributed by atoms with Crippen molar-refractivity contribution in [2.45, 2.75) is 46.7 Å². The average Bonchev–Trinajstić information content (AvgIpc) is 2.16. The van der Waals surface area contributed by atoms with Gasteiger partial charge in [-0.15, -0.1) is 0 Å². The van der Waals surface area contributed by atoms with E-state index >= 15 is 0 Å². The lowest BCUT2D eigenvalue weighted by Crippen LogP contribution is -2.39. The largest absolute Gasteiger partial charge is 0.508 e. The van der Waals surface area contributed by atoms with Crippen LogP contribution in [0.25, 0.3) is 0 Å². The lowest BCUT2D eigenvalue weighted by Gasteiger charge is -2.30. The van der Waals surface area contributed by atoms with Crippen LogP contribution in [0.4, 0.5) is 0 Å². The molecule has 0 aliphatic rings. The lowest BCUT2D eigenvalue weighted by atomic mass is 9.85. The molecule has 0 aliphatic carbocycles. The molecule has 0 fully saturated rings. The van der Waals surface area contributed by atoms with E-state index < -0.39 is 0 Å². The second-order valence-electron chi connectivity index (χ2n) is 5.38. The smallest absolute Gasteiger partial charge is 0.115 e. The van der Waals surface area contributed by atoms with Crippen molar-refractivity contribution in [3.8, 4) is 5.75 Å². The molecule has 1 aromatic rings. The fourth-order valence-corrected chi connectivity index (χ4v) is 1.97. The van der Waals surface area contributed by atoms with E-state index in [1.807, 2.05) is 18.2 Å². The van der Waals surface area contributed by atoms with Crippen LogP contribution in [0.5, 0.6) is 5.75 Å². The SMILES string of the molecule is CCC(NCc1cccc(O)c1)C(C)(C)C. The summed E-state index contributed by atoms with van der Waals surface area (Å²) in [7, 11) is 0. The van der Waals surface area contributed by atoms with Gasteiger partial charge in [-0.1, -0.05) is 39.8 Å². The van der Waals surface area contributed by atoms with Gasteiger partial charge in [0.25, 0.3) is 0 Å². The molecule has 2 N–H and O–H groups in total. The molecule has 0 heterocycles. The van der Waals surface area contributed by atoms with E-state index in [9.17, 15) is 5.11 Å². The number of aromatic hydroxyl groups is 1. The molecule has 1 aromatic carbocycles. The van der Waals surface area contributed by atoms with E-state index in [0.717, 1.165) is 18.5 Å². The minimum Gasteiger partial charge on any atom is -0.508 e. The van der Waals surface area contributed by atoms with Gasteiger partial charge in [0.05, 0.1) is 0 Å². The molecule has 0 spiro atoms. The number of benzene rings is 1. The maximum atomic E-state index is 9.37. The van der Waals surface area contributed by atoms with Crippen molar-refractivity contribution in [3.63, 3.8) is 0 Å². The first-order chi connectivity index (χ1) is 7.43. The van der Waals surface area contributed by atoms with Crippen LogP contribution < -0.4 is 5.32 Å². The topological polar surface area (TPSA) is 32.3 Å². The molecule has 16 heavy (non-hydrogen) atoms. The third-order valence-corrected chi connectivity index (χ3v) is 2.92. The third-order valence-electron chi connectivity index (χ3n) is 2.92. The third kappa shape index (κ3) is 3.86. The van der Waals surface area contributed by atoms with Crippen molar-refractivity contribution in [2.24, 2.45) is 5.41 Å². The predicted octanol–water partition coefficient (Wildman–Crippen LogP) is 3.31. The molecule has 0 saturated heterocycles. The zero-order valence-electron chi connectivity index (χ0n) is 10.7. The summed E-state index contributed by atoms with van der Waals surface area (Å²) in [6, 6.07) is 7.91. The highest BCUT2D eigenvalue weighted by Crippen LogP contribution is 2.22. The molecule has 2 heteroatoms. The van der Waals surface area contributed by atoms with E-state index in [0.29, 0.717) is 11.8 Å². The molecule has 0 amide bonds. The Morgan fingerprint density at radius 3 is 2.50 bits per heavy atom. The van der Waals surface area contributed by atoms with Crippen molar-refractivity contribution in [1.82, 2.24) is 5.32 Å². The molecule has 1 rings (SSSR count). The van der Waals surface area contributed by atoms with Gasteiger partial charge in [0.15, 0.2) is 0 Å². The monoisotopic (exact) mass is 221 g/mol. The Kier molecular flexibility index (Phi) is 4.36. The Balaban J connectivity index is 2.56. The molecule has 2 nitrogen and oxygen atoms in total. The van der Waals surface area contributed by atoms with Gasteiger partial charge in [0.1, 0.15) is 5.75 Å². The van der Waals surface area contributed by atoms with Crippen LogP contribution in [0.15, 0.2) is 24.3 Å². The van der Waals surface area contributed by atoms with Gasteiger partial charge in [-0.3, -0.25) is 0 Å². The van der Waals surface area contributed by atoms with Gasteiger partial charge in [-0.05, 0) is 29.5 Å². The zero-order chi connectivity index (χ0) is 12.2. The summed E-state index contributed by atoms with van der Waals surface area (Å²) in [6.45, 7) is 9.75. The maximum Gasteiger partial charge on any atom is 0.115 e. The van der Waals surface area contributed by atoms with E-state index in [2.05, 4.69) is 33.0 Å². The van der Waals surface area contributed by atoms with Gasteiger partial charge >= 0.3 is 0 Å². The van der Waals surface area contributed by atoms with Crippen LogP contribution in [-0.4, -0.2) is 11.1 Å². The molecular formula is C14H23NO. The highest BCUT2D eigenvalue weighted by Gasteiger charge is 2.21. The Morgan fingerprint density at radius 1 is 1.31 bits per heavy atom. The lowest BCUT2D eigenvalue weighted by molar-refractivity contribution is 0.259. The summed E-state index contributed by atoms with van der Waals surface area (Å²) < 4.78 is 0. The predicted molar refractivity (Wildman–Crippen MR) is 68.5 cm³/mol. The fourth-order valence-electron chi connectivity index (χ4n) is 1.97. The molecular weight excluding hydrogens is 198 g/mol. The first kappa shape index (κ1) is 13.0. The van der Waals surface area contributed by atoms with Gasteiger partial charge in [0.2, 0.25) is 0 Å². The van der Waals surface area contributed by atoms with E-state index in [1.165, 1.54) is 0 Å². The van der Waals surface area contributed by atoms with Crippen molar-refractivity contribution >= 4 is 0 Å². The number of hydrogen-bond donors (Lipinski definition) is 2. The first-order valence-electron chi connectivity index (χ1n) is 5.94. The summed E-state index contributed by atoms with van der Waals surface area (Å²) in [5.74, 6) is 0.336. The van der Waals surface area contributed by atoms with E-state index in [1.54, 1.807) is 6.07 Å². The van der Waals surface area contributed by atoms with Gasteiger partial charge in [-0.25, -0.2) is 0 Å². The van der Waals surface area contributed by atoms with Crippen molar-refractivity contribution in [1.29, 1.82) is 0 Å². The Hall–Kier alpha value is -1.02. The van der Waals surface area contributed by atoms with Gasteiger partial charge in [0, 0.05) is 12.6 Å². The first-order valence-corrected chi connectivity index (χ1v) is 5.94. The molecule has 0 aliphatic heterocycles. The van der Waals surface area contributed by atoms with E-state index in [4.69, 9.17) is 0 Å². The Labute approximate surface area is 98.7 Å². The average molecular weight is 221 g/mol. The standard InChI is InChI=1S/C14H23NO/c1-5-13(14(2,3)4)15-10-11-7-6-8-12(16)9-11/h6-9,13,15-16H,5,10H2,1-4H3. The minimum atomic E-state index is 0.269. The summed E-state index contributed by atoms with van der Waals surface area (Å²) in [5.41, 5.74) is 1.40. The van der Waals surface area contributed by atoms with Crippen LogP contribution in [0.1, 0.15) is 39.7 Å². The number of rotatable bonds is 4. The highest BCUT2D eigenvalue weighted by atomic mass is 16.3. The summed E-state index contributed by atoms with van der Waals surface area (Å²) >= 11 is 0. The summed E-state index contributed by atoms with van der Waals surface area (Å²) in [6.07, 6.45) is 1.11. The molecule has 0 radical (unpaired) electrons.